The monoisotopic (exact) mass is 402 g/mol. The van der Waals surface area contributed by atoms with Gasteiger partial charge in [-0.1, -0.05) is 11.8 Å². The van der Waals surface area contributed by atoms with Gasteiger partial charge in [-0.2, -0.15) is 11.8 Å². The topological polar surface area (TPSA) is 116 Å². The molecule has 0 aromatic heterocycles. The van der Waals surface area contributed by atoms with E-state index in [1.54, 1.807) is 0 Å². The molecular formula is C20H34O6S. The van der Waals surface area contributed by atoms with Gasteiger partial charge in [0.15, 0.2) is 0 Å². The van der Waals surface area contributed by atoms with E-state index in [0.29, 0.717) is 31.0 Å². The zero-order chi connectivity index (χ0) is 17.9. The van der Waals surface area contributed by atoms with Crippen LogP contribution in [0.25, 0.3) is 0 Å². The Labute approximate surface area is 166 Å². The van der Waals surface area contributed by atoms with Gasteiger partial charge in [-0.15, -0.1) is 0 Å². The second-order valence-electron chi connectivity index (χ2n) is 6.98. The van der Waals surface area contributed by atoms with Gasteiger partial charge in [-0.05, 0) is 57.6 Å². The molecule has 0 radical (unpaired) electrons. The largest absolute Gasteiger partial charge is 0.460 e. The number of carbonyl (C=O) groups excluding carboxylic acids is 2. The molecule has 0 aromatic carbocycles. The van der Waals surface area contributed by atoms with E-state index in [2.05, 4.69) is 18.1 Å². The van der Waals surface area contributed by atoms with Crippen molar-refractivity contribution in [3.8, 4) is 11.8 Å². The Hall–Kier alpha value is -1.07. The Bertz CT molecular complexity index is 471. The quantitative estimate of drug-likeness (QED) is 0.212. The SMILES string of the molecule is CSC1CCC(C#CC2CCC(OCCCOC(=O)C=O)CC2)CC1.O.O. The second kappa shape index (κ2) is 14.9. The maximum atomic E-state index is 10.7. The van der Waals surface area contributed by atoms with Gasteiger partial charge in [0.05, 0.1) is 19.3 Å². The lowest BCUT2D eigenvalue weighted by molar-refractivity contribution is -0.149. The summed E-state index contributed by atoms with van der Waals surface area (Å²) < 4.78 is 10.5. The Kier molecular flexibility index (Phi) is 14.3. The molecular weight excluding hydrogens is 368 g/mol. The van der Waals surface area contributed by atoms with E-state index in [9.17, 15) is 9.59 Å². The van der Waals surface area contributed by atoms with Crippen molar-refractivity contribution in [3.05, 3.63) is 0 Å². The third-order valence-electron chi connectivity index (χ3n) is 5.16. The molecule has 2 fully saturated rings. The number of thioether (sulfide) groups is 1. The first kappa shape index (κ1) is 25.9. The van der Waals surface area contributed by atoms with Crippen LogP contribution in [0, 0.1) is 23.7 Å². The van der Waals surface area contributed by atoms with Gasteiger partial charge in [0.25, 0.3) is 0 Å². The van der Waals surface area contributed by atoms with Crippen LogP contribution in [0.3, 0.4) is 0 Å². The molecule has 156 valence electrons. The third-order valence-corrected chi connectivity index (χ3v) is 6.29. The molecule has 0 unspecified atom stereocenters. The number of carbonyl (C=O) groups is 2. The molecule has 2 aliphatic carbocycles. The van der Waals surface area contributed by atoms with E-state index < -0.39 is 5.97 Å². The molecule has 2 rings (SSSR count). The predicted molar refractivity (Wildman–Crippen MR) is 108 cm³/mol. The minimum absolute atomic E-state index is 0. The molecule has 2 aliphatic rings. The molecule has 0 aliphatic heterocycles. The van der Waals surface area contributed by atoms with Gasteiger partial charge in [-0.3, -0.25) is 4.79 Å². The number of rotatable bonds is 7. The van der Waals surface area contributed by atoms with Crippen molar-refractivity contribution in [1.29, 1.82) is 0 Å². The minimum atomic E-state index is -0.805. The molecule has 6 nitrogen and oxygen atoms in total. The Morgan fingerprint density at radius 2 is 1.52 bits per heavy atom. The average Bonchev–Trinajstić information content (AvgIpc) is 2.67. The smallest absolute Gasteiger partial charge is 0.371 e. The van der Waals surface area contributed by atoms with Crippen LogP contribution in [0.15, 0.2) is 0 Å². The Balaban J connectivity index is 0.00000338. The van der Waals surface area contributed by atoms with Crippen LogP contribution < -0.4 is 0 Å². The summed E-state index contributed by atoms with van der Waals surface area (Å²) in [6.07, 6.45) is 12.9. The highest BCUT2D eigenvalue weighted by molar-refractivity contribution is 7.99. The zero-order valence-electron chi connectivity index (χ0n) is 16.2. The molecule has 2 saturated carbocycles. The van der Waals surface area contributed by atoms with Gasteiger partial charge in [0.2, 0.25) is 6.29 Å². The van der Waals surface area contributed by atoms with Crippen LogP contribution in [-0.2, 0) is 19.1 Å². The van der Waals surface area contributed by atoms with E-state index >= 15 is 0 Å². The summed E-state index contributed by atoms with van der Waals surface area (Å²) in [5.41, 5.74) is 0. The molecule has 7 heteroatoms. The summed E-state index contributed by atoms with van der Waals surface area (Å²) in [6.45, 7) is 0.822. The number of aldehydes is 1. The summed E-state index contributed by atoms with van der Waals surface area (Å²) in [4.78, 5) is 20.8. The van der Waals surface area contributed by atoms with Crippen molar-refractivity contribution in [2.45, 2.75) is 69.1 Å². The van der Waals surface area contributed by atoms with Crippen LogP contribution in [0.4, 0.5) is 0 Å². The summed E-state index contributed by atoms with van der Waals surface area (Å²) in [5, 5.41) is 0.854. The fourth-order valence-electron chi connectivity index (χ4n) is 3.57. The fourth-order valence-corrected chi connectivity index (χ4v) is 4.31. The van der Waals surface area contributed by atoms with Gasteiger partial charge >= 0.3 is 5.97 Å². The normalized spacial score (nSPS) is 27.1. The number of ether oxygens (including phenoxy) is 2. The average molecular weight is 403 g/mol. The molecule has 0 spiro atoms. The number of esters is 1. The van der Waals surface area contributed by atoms with Gasteiger partial charge in [0, 0.05) is 23.5 Å². The van der Waals surface area contributed by atoms with Gasteiger partial charge in [-0.25, -0.2) is 4.79 Å². The van der Waals surface area contributed by atoms with Crippen molar-refractivity contribution in [2.24, 2.45) is 11.8 Å². The Morgan fingerprint density at radius 3 is 2.04 bits per heavy atom. The standard InChI is InChI=1S/C20H30O4S.2H2O/c1-25-19-11-7-17(8-12-19)4-3-16-5-9-18(10-6-16)23-13-2-14-24-20(22)15-21;;/h15-19H,2,5-14H2,1H3;2*1H2. The molecule has 0 amide bonds. The summed E-state index contributed by atoms with van der Waals surface area (Å²) >= 11 is 2.00. The van der Waals surface area contributed by atoms with E-state index in [0.717, 1.165) is 30.9 Å². The fraction of sp³-hybridized carbons (Fsp3) is 0.800. The van der Waals surface area contributed by atoms with Crippen molar-refractivity contribution in [2.75, 3.05) is 19.5 Å². The van der Waals surface area contributed by atoms with Crippen molar-refractivity contribution in [1.82, 2.24) is 0 Å². The highest BCUT2D eigenvalue weighted by Gasteiger charge is 2.22. The van der Waals surface area contributed by atoms with Crippen molar-refractivity contribution >= 4 is 24.0 Å². The minimum Gasteiger partial charge on any atom is -0.460 e. The lowest BCUT2D eigenvalue weighted by atomic mass is 9.85. The van der Waals surface area contributed by atoms with Crippen molar-refractivity contribution in [3.63, 3.8) is 0 Å². The molecule has 0 aromatic rings. The predicted octanol–water partition coefficient (Wildman–Crippen LogP) is 1.97. The number of hydrogen-bond acceptors (Lipinski definition) is 5. The van der Waals surface area contributed by atoms with Gasteiger partial charge in [0.1, 0.15) is 0 Å². The summed E-state index contributed by atoms with van der Waals surface area (Å²) in [7, 11) is 0. The molecule has 0 heterocycles. The zero-order valence-corrected chi connectivity index (χ0v) is 17.0. The first-order valence-corrected chi connectivity index (χ1v) is 10.8. The van der Waals surface area contributed by atoms with E-state index in [4.69, 9.17) is 9.47 Å². The highest BCUT2D eigenvalue weighted by Crippen LogP contribution is 2.31. The lowest BCUT2D eigenvalue weighted by Gasteiger charge is -2.26. The summed E-state index contributed by atoms with van der Waals surface area (Å²) in [6, 6.07) is 0. The number of hydrogen-bond donors (Lipinski definition) is 0. The molecule has 27 heavy (non-hydrogen) atoms. The van der Waals surface area contributed by atoms with E-state index in [1.807, 2.05) is 11.8 Å². The van der Waals surface area contributed by atoms with E-state index in [-0.39, 0.29) is 23.8 Å². The van der Waals surface area contributed by atoms with Crippen LogP contribution in [0.1, 0.15) is 57.8 Å². The maximum Gasteiger partial charge on any atom is 0.371 e. The van der Waals surface area contributed by atoms with E-state index in [1.165, 1.54) is 25.7 Å². The molecule has 0 atom stereocenters. The van der Waals surface area contributed by atoms with Crippen LogP contribution in [0.2, 0.25) is 0 Å². The van der Waals surface area contributed by atoms with Crippen molar-refractivity contribution < 1.29 is 30.0 Å². The van der Waals surface area contributed by atoms with Crippen LogP contribution in [0.5, 0.6) is 0 Å². The molecule has 0 saturated heterocycles. The van der Waals surface area contributed by atoms with Gasteiger partial charge < -0.3 is 20.4 Å². The summed E-state index contributed by atoms with van der Waals surface area (Å²) in [5.74, 6) is 7.43. The van der Waals surface area contributed by atoms with Crippen LogP contribution >= 0.6 is 11.8 Å². The lowest BCUT2D eigenvalue weighted by Crippen LogP contribution is -2.22. The first-order valence-electron chi connectivity index (χ1n) is 9.48. The Morgan fingerprint density at radius 1 is 0.963 bits per heavy atom. The first-order chi connectivity index (χ1) is 12.2. The maximum absolute atomic E-state index is 10.7. The highest BCUT2D eigenvalue weighted by atomic mass is 32.2. The third kappa shape index (κ3) is 10.2. The molecule has 4 N–H and O–H groups in total. The molecule has 0 bridgehead atoms. The second-order valence-corrected chi connectivity index (χ2v) is 8.12. The van der Waals surface area contributed by atoms with Crippen LogP contribution in [-0.4, -0.2) is 54.0 Å².